The van der Waals surface area contributed by atoms with Crippen LogP contribution in [-0.2, 0) is 12.1 Å². The quantitative estimate of drug-likeness (QED) is 0.782. The highest BCUT2D eigenvalue weighted by molar-refractivity contribution is 6.05. The van der Waals surface area contributed by atoms with E-state index in [1.807, 2.05) is 13.8 Å². The molecule has 0 saturated heterocycles. The van der Waals surface area contributed by atoms with Crippen molar-refractivity contribution in [1.29, 1.82) is 0 Å². The van der Waals surface area contributed by atoms with E-state index < -0.39 is 34.7 Å². The Morgan fingerprint density at radius 3 is 2.71 bits per heavy atom. The third-order valence-electron chi connectivity index (χ3n) is 3.87. The number of anilines is 1. The van der Waals surface area contributed by atoms with E-state index in [1.165, 1.54) is 0 Å². The zero-order chi connectivity index (χ0) is 17.6. The van der Waals surface area contributed by atoms with E-state index in [9.17, 15) is 23.5 Å². The van der Waals surface area contributed by atoms with Gasteiger partial charge in [0.2, 0.25) is 0 Å². The van der Waals surface area contributed by atoms with Crippen LogP contribution in [0.15, 0.2) is 18.2 Å². The van der Waals surface area contributed by atoms with Gasteiger partial charge in [-0.2, -0.15) is 5.10 Å². The Morgan fingerprint density at radius 2 is 2.08 bits per heavy atom. The van der Waals surface area contributed by atoms with E-state index in [-0.39, 0.29) is 5.82 Å². The lowest BCUT2D eigenvalue weighted by Gasteiger charge is -2.16. The van der Waals surface area contributed by atoms with Gasteiger partial charge < -0.3 is 15.7 Å². The van der Waals surface area contributed by atoms with Crippen LogP contribution < -0.4 is 10.6 Å². The summed E-state index contributed by atoms with van der Waals surface area (Å²) in [6, 6.07) is 2.52. The maximum Gasteiger partial charge on any atom is 0.434 e. The monoisotopic (exact) mass is 336 g/mol. The summed E-state index contributed by atoms with van der Waals surface area (Å²) in [6.07, 6.45) is -1.38. The number of hydrogen-bond donors (Lipinski definition) is 3. The van der Waals surface area contributed by atoms with Crippen molar-refractivity contribution in [3.8, 4) is 0 Å². The molecule has 24 heavy (non-hydrogen) atoms. The summed E-state index contributed by atoms with van der Waals surface area (Å²) in [5.74, 6) is -2.79. The molecule has 0 atom stereocenters. The molecule has 9 heteroatoms. The molecule has 1 aliphatic rings. The molecule has 1 aromatic heterocycles. The van der Waals surface area contributed by atoms with Crippen molar-refractivity contribution in [2.24, 2.45) is 0 Å². The van der Waals surface area contributed by atoms with Crippen molar-refractivity contribution in [2.75, 3.05) is 5.32 Å². The summed E-state index contributed by atoms with van der Waals surface area (Å²) in [5, 5.41) is 18.8. The molecular weight excluding hydrogens is 322 g/mol. The van der Waals surface area contributed by atoms with Gasteiger partial charge in [0.05, 0.1) is 16.8 Å². The van der Waals surface area contributed by atoms with Crippen LogP contribution >= 0.6 is 0 Å². The number of halogens is 2. The molecule has 3 N–H and O–H groups in total. The Balaban J connectivity index is 2.01. The molecule has 126 valence electrons. The first kappa shape index (κ1) is 16.1. The number of amides is 1. The summed E-state index contributed by atoms with van der Waals surface area (Å²) >= 11 is 0. The maximum absolute atomic E-state index is 13.7. The molecule has 7 nitrogen and oxygen atoms in total. The first-order chi connectivity index (χ1) is 11.2. The number of nitrogens with one attached hydrogen (secondary N) is 2. The summed E-state index contributed by atoms with van der Waals surface area (Å²) < 4.78 is 27.3. The summed E-state index contributed by atoms with van der Waals surface area (Å²) in [6.45, 7) is 3.95. The smallest absolute Gasteiger partial charge is 0.434 e. The number of carbonyl (C=O) groups excluding carboxylic acids is 1. The second-order valence-electron chi connectivity index (χ2n) is 5.93. The van der Waals surface area contributed by atoms with Gasteiger partial charge in [-0.15, -0.1) is 4.68 Å². The number of rotatable bonds is 2. The van der Waals surface area contributed by atoms with Crippen LogP contribution in [0.4, 0.5) is 19.4 Å². The van der Waals surface area contributed by atoms with Gasteiger partial charge in [-0.25, -0.2) is 13.6 Å². The van der Waals surface area contributed by atoms with Crippen LogP contribution in [0.2, 0.25) is 0 Å². The van der Waals surface area contributed by atoms with Crippen molar-refractivity contribution in [3.05, 3.63) is 46.7 Å². The number of nitrogens with zero attached hydrogens (tertiary/aromatic N) is 2. The summed E-state index contributed by atoms with van der Waals surface area (Å²) in [5.41, 5.74) is 0.0444. The minimum absolute atomic E-state index is 0.0516. The highest BCUT2D eigenvalue weighted by Crippen LogP contribution is 2.34. The molecule has 0 fully saturated rings. The largest absolute Gasteiger partial charge is 0.463 e. The molecule has 2 heterocycles. The minimum Gasteiger partial charge on any atom is -0.463 e. The fourth-order valence-electron chi connectivity index (χ4n) is 2.63. The SMILES string of the molecule is CC1(C)NCc2c1nn(C(=O)O)c2NC(=O)c1ccc(F)cc1F. The molecule has 3 rings (SSSR count). The van der Waals surface area contributed by atoms with Crippen LogP contribution in [-0.4, -0.2) is 26.9 Å². The van der Waals surface area contributed by atoms with Gasteiger partial charge in [-0.1, -0.05) is 0 Å². The molecule has 2 aromatic rings. The topological polar surface area (TPSA) is 96.2 Å². The van der Waals surface area contributed by atoms with Crippen LogP contribution in [0, 0.1) is 11.6 Å². The van der Waals surface area contributed by atoms with Crippen LogP contribution in [0.3, 0.4) is 0 Å². The van der Waals surface area contributed by atoms with Gasteiger partial charge in [-0.05, 0) is 26.0 Å². The van der Waals surface area contributed by atoms with Crippen LogP contribution in [0.5, 0.6) is 0 Å². The molecule has 0 saturated carbocycles. The molecule has 0 radical (unpaired) electrons. The Bertz CT molecular complexity index is 861. The molecule has 1 aliphatic heterocycles. The van der Waals surface area contributed by atoms with E-state index in [4.69, 9.17) is 0 Å². The Morgan fingerprint density at radius 1 is 1.38 bits per heavy atom. The van der Waals surface area contributed by atoms with Crippen molar-refractivity contribution < 1.29 is 23.5 Å². The predicted molar refractivity (Wildman–Crippen MR) is 79.8 cm³/mol. The number of carboxylic acid groups (broad SMARTS) is 1. The minimum atomic E-state index is -1.38. The van der Waals surface area contributed by atoms with Gasteiger partial charge in [-0.3, -0.25) is 4.79 Å². The highest BCUT2D eigenvalue weighted by atomic mass is 19.1. The lowest BCUT2D eigenvalue weighted by Crippen LogP contribution is -2.31. The third-order valence-corrected chi connectivity index (χ3v) is 3.87. The van der Waals surface area contributed by atoms with Gasteiger partial charge in [0, 0.05) is 18.2 Å². The van der Waals surface area contributed by atoms with Crippen molar-refractivity contribution in [3.63, 3.8) is 0 Å². The average molecular weight is 336 g/mol. The average Bonchev–Trinajstić information content (AvgIpc) is 2.98. The zero-order valence-electron chi connectivity index (χ0n) is 12.9. The molecule has 0 aliphatic carbocycles. The van der Waals surface area contributed by atoms with E-state index in [2.05, 4.69) is 15.7 Å². The fraction of sp³-hybridized carbons (Fsp3) is 0.267. The van der Waals surface area contributed by atoms with Gasteiger partial charge in [0.1, 0.15) is 17.5 Å². The van der Waals surface area contributed by atoms with Crippen LogP contribution in [0.25, 0.3) is 0 Å². The standard InChI is InChI=1S/C15H14F2N4O3/c1-15(2)11-9(6-18-15)12(21(20-11)14(23)24)19-13(22)8-4-3-7(16)5-10(8)17/h3-5,18H,6H2,1-2H3,(H,19,22)(H,23,24). The highest BCUT2D eigenvalue weighted by Gasteiger charge is 2.37. The van der Waals surface area contributed by atoms with E-state index >= 15 is 0 Å². The summed E-state index contributed by atoms with van der Waals surface area (Å²) in [7, 11) is 0. The molecule has 1 aromatic carbocycles. The van der Waals surface area contributed by atoms with Gasteiger partial charge >= 0.3 is 6.09 Å². The number of carbonyl (C=O) groups is 2. The maximum atomic E-state index is 13.7. The lowest BCUT2D eigenvalue weighted by molar-refractivity contribution is 0.102. The summed E-state index contributed by atoms with van der Waals surface area (Å²) in [4.78, 5) is 23.6. The second kappa shape index (κ2) is 5.38. The molecule has 0 bridgehead atoms. The van der Waals surface area contributed by atoms with Crippen molar-refractivity contribution in [1.82, 2.24) is 15.1 Å². The van der Waals surface area contributed by atoms with E-state index in [0.717, 1.165) is 12.1 Å². The molecular formula is C15H14F2N4O3. The number of aromatic nitrogens is 2. The van der Waals surface area contributed by atoms with Crippen molar-refractivity contribution >= 4 is 17.8 Å². The first-order valence-corrected chi connectivity index (χ1v) is 7.08. The van der Waals surface area contributed by atoms with Crippen molar-refractivity contribution in [2.45, 2.75) is 25.9 Å². The third kappa shape index (κ3) is 2.52. The number of fused-ring (bicyclic) bond motifs is 1. The van der Waals surface area contributed by atoms with Gasteiger partial charge in [0.15, 0.2) is 0 Å². The lowest BCUT2D eigenvalue weighted by atomic mass is 10.0. The normalized spacial score (nSPS) is 15.2. The fourth-order valence-corrected chi connectivity index (χ4v) is 2.63. The second-order valence-corrected chi connectivity index (χ2v) is 5.93. The van der Waals surface area contributed by atoms with E-state index in [1.54, 1.807) is 0 Å². The van der Waals surface area contributed by atoms with E-state index in [0.29, 0.717) is 28.6 Å². The molecule has 0 spiro atoms. The Kier molecular flexibility index (Phi) is 3.60. The molecule has 0 unspecified atom stereocenters. The number of benzene rings is 1. The Labute approximate surface area is 135 Å². The van der Waals surface area contributed by atoms with Crippen LogP contribution in [0.1, 0.15) is 35.5 Å². The first-order valence-electron chi connectivity index (χ1n) is 7.08. The Hall–Kier alpha value is -2.81. The molecule has 1 amide bonds. The number of hydrogen-bond acceptors (Lipinski definition) is 4. The zero-order valence-corrected chi connectivity index (χ0v) is 12.9. The van der Waals surface area contributed by atoms with Gasteiger partial charge in [0.25, 0.3) is 5.91 Å². The predicted octanol–water partition coefficient (Wildman–Crippen LogP) is 2.28.